The summed E-state index contributed by atoms with van der Waals surface area (Å²) in [6.45, 7) is 3.92. The quantitative estimate of drug-likeness (QED) is 0.910. The molecule has 0 atom stereocenters. The molecule has 3 rings (SSSR count). The molecule has 2 heterocycles. The summed E-state index contributed by atoms with van der Waals surface area (Å²) in [4.78, 5) is 11.4. The number of hydrogen-bond acceptors (Lipinski definition) is 5. The normalized spacial score (nSPS) is 27.4. The summed E-state index contributed by atoms with van der Waals surface area (Å²) in [7, 11) is 1.79. The molecule has 110 valence electrons. The van der Waals surface area contributed by atoms with Crippen LogP contribution in [0.4, 0.5) is 5.82 Å². The maximum absolute atomic E-state index is 9.46. The van der Waals surface area contributed by atoms with Crippen molar-refractivity contribution in [3.63, 3.8) is 0 Å². The lowest BCUT2D eigenvalue weighted by Gasteiger charge is -2.34. The molecule has 0 amide bonds. The average molecular weight is 277 g/mol. The van der Waals surface area contributed by atoms with E-state index in [1.165, 1.54) is 0 Å². The minimum Gasteiger partial charge on any atom is -0.393 e. The Morgan fingerprint density at radius 2 is 1.95 bits per heavy atom. The summed E-state index contributed by atoms with van der Waals surface area (Å²) in [5.74, 6) is 2.26. The minimum absolute atomic E-state index is 0.142. The molecule has 5 nitrogen and oxygen atoms in total. The second kappa shape index (κ2) is 5.66. The standard InChI is InChI=1S/C15H23N3O2/c1-10-16-14(11-7-12(19)8-11)9-15(17-10)18-5-3-13(20-2)4-6-18/h9,11-13,19H,3-8H2,1-2H3. The van der Waals surface area contributed by atoms with Crippen molar-refractivity contribution < 1.29 is 9.84 Å². The monoisotopic (exact) mass is 277 g/mol. The van der Waals surface area contributed by atoms with Crippen LogP contribution in [-0.4, -0.2) is 47.5 Å². The molecule has 1 aliphatic heterocycles. The summed E-state index contributed by atoms with van der Waals surface area (Å²) < 4.78 is 5.41. The van der Waals surface area contributed by atoms with Crippen molar-refractivity contribution in [3.8, 4) is 0 Å². The first kappa shape index (κ1) is 13.8. The van der Waals surface area contributed by atoms with Crippen LogP contribution in [0, 0.1) is 6.92 Å². The molecule has 1 aromatic rings. The third kappa shape index (κ3) is 2.79. The molecular weight excluding hydrogens is 254 g/mol. The van der Waals surface area contributed by atoms with Gasteiger partial charge in [0.1, 0.15) is 11.6 Å². The number of piperidine rings is 1. The number of hydrogen-bond donors (Lipinski definition) is 1. The van der Waals surface area contributed by atoms with Gasteiger partial charge in [0.25, 0.3) is 0 Å². The lowest BCUT2D eigenvalue weighted by atomic mass is 9.80. The van der Waals surface area contributed by atoms with Crippen LogP contribution in [0.25, 0.3) is 0 Å². The number of aliphatic hydroxyl groups is 1. The average Bonchev–Trinajstić information content (AvgIpc) is 2.43. The van der Waals surface area contributed by atoms with E-state index in [4.69, 9.17) is 4.74 Å². The van der Waals surface area contributed by atoms with Crippen LogP contribution in [-0.2, 0) is 4.74 Å². The van der Waals surface area contributed by atoms with E-state index < -0.39 is 0 Å². The predicted octanol–water partition coefficient (Wildman–Crippen LogP) is 1.64. The maximum Gasteiger partial charge on any atom is 0.132 e. The Balaban J connectivity index is 1.73. The highest BCUT2D eigenvalue weighted by Crippen LogP contribution is 2.36. The van der Waals surface area contributed by atoms with E-state index in [2.05, 4.69) is 20.9 Å². The Labute approximate surface area is 120 Å². The first-order valence-corrected chi connectivity index (χ1v) is 7.47. The first-order chi connectivity index (χ1) is 9.65. The van der Waals surface area contributed by atoms with Gasteiger partial charge in [0, 0.05) is 37.9 Å². The molecule has 1 aliphatic carbocycles. The van der Waals surface area contributed by atoms with Gasteiger partial charge in [0.05, 0.1) is 12.2 Å². The summed E-state index contributed by atoms with van der Waals surface area (Å²) in [6.07, 6.45) is 4.02. The second-order valence-corrected chi connectivity index (χ2v) is 5.94. The van der Waals surface area contributed by atoms with Gasteiger partial charge in [-0.15, -0.1) is 0 Å². The number of methoxy groups -OCH3 is 1. The van der Waals surface area contributed by atoms with Crippen molar-refractivity contribution in [3.05, 3.63) is 17.6 Å². The number of aromatic nitrogens is 2. The Bertz CT molecular complexity index is 466. The van der Waals surface area contributed by atoms with Crippen LogP contribution in [0.2, 0.25) is 0 Å². The highest BCUT2D eigenvalue weighted by atomic mass is 16.5. The zero-order chi connectivity index (χ0) is 14.1. The first-order valence-electron chi connectivity index (χ1n) is 7.47. The Morgan fingerprint density at radius 1 is 1.25 bits per heavy atom. The second-order valence-electron chi connectivity index (χ2n) is 5.94. The van der Waals surface area contributed by atoms with Crippen LogP contribution in [0.5, 0.6) is 0 Å². The fourth-order valence-electron chi connectivity index (χ4n) is 3.10. The van der Waals surface area contributed by atoms with E-state index in [0.717, 1.165) is 56.1 Å². The number of rotatable bonds is 3. The molecular formula is C15H23N3O2. The Morgan fingerprint density at radius 3 is 2.55 bits per heavy atom. The van der Waals surface area contributed by atoms with E-state index >= 15 is 0 Å². The Hall–Kier alpha value is -1.20. The van der Waals surface area contributed by atoms with Crippen LogP contribution in [0.1, 0.15) is 43.1 Å². The SMILES string of the molecule is COC1CCN(c2cc(C3CC(O)C3)nc(C)n2)CC1. The molecule has 2 fully saturated rings. The summed E-state index contributed by atoms with van der Waals surface area (Å²) in [5, 5.41) is 9.46. The fraction of sp³-hybridized carbons (Fsp3) is 0.733. The number of nitrogens with zero attached hydrogens (tertiary/aromatic N) is 3. The predicted molar refractivity (Wildman–Crippen MR) is 77.0 cm³/mol. The van der Waals surface area contributed by atoms with Crippen LogP contribution in [0.3, 0.4) is 0 Å². The summed E-state index contributed by atoms with van der Waals surface area (Å²) in [6, 6.07) is 2.11. The van der Waals surface area contributed by atoms with Gasteiger partial charge in [-0.1, -0.05) is 0 Å². The van der Waals surface area contributed by atoms with Gasteiger partial charge in [0.15, 0.2) is 0 Å². The maximum atomic E-state index is 9.46. The van der Waals surface area contributed by atoms with Gasteiger partial charge in [0.2, 0.25) is 0 Å². The van der Waals surface area contributed by atoms with Gasteiger partial charge >= 0.3 is 0 Å². The van der Waals surface area contributed by atoms with E-state index in [-0.39, 0.29) is 6.10 Å². The van der Waals surface area contributed by atoms with E-state index in [1.54, 1.807) is 7.11 Å². The zero-order valence-electron chi connectivity index (χ0n) is 12.2. The van der Waals surface area contributed by atoms with Crippen molar-refractivity contribution in [1.82, 2.24) is 9.97 Å². The summed E-state index contributed by atoms with van der Waals surface area (Å²) >= 11 is 0. The van der Waals surface area contributed by atoms with Gasteiger partial charge in [-0.2, -0.15) is 0 Å². The number of ether oxygens (including phenoxy) is 1. The molecule has 1 N–H and O–H groups in total. The Kier molecular flexibility index (Phi) is 3.89. The highest BCUT2D eigenvalue weighted by Gasteiger charge is 2.30. The van der Waals surface area contributed by atoms with Crippen LogP contribution in [0.15, 0.2) is 6.07 Å². The van der Waals surface area contributed by atoms with Gasteiger partial charge < -0.3 is 14.7 Å². The molecule has 0 spiro atoms. The number of anilines is 1. The lowest BCUT2D eigenvalue weighted by Crippen LogP contribution is -2.37. The third-order valence-corrected chi connectivity index (χ3v) is 4.48. The molecule has 0 radical (unpaired) electrons. The molecule has 1 saturated carbocycles. The largest absolute Gasteiger partial charge is 0.393 e. The molecule has 2 aliphatic rings. The van der Waals surface area contributed by atoms with Crippen molar-refractivity contribution >= 4 is 5.82 Å². The van der Waals surface area contributed by atoms with Crippen molar-refractivity contribution in [2.45, 2.75) is 50.7 Å². The molecule has 0 bridgehead atoms. The smallest absolute Gasteiger partial charge is 0.132 e. The van der Waals surface area contributed by atoms with E-state index in [0.29, 0.717) is 12.0 Å². The summed E-state index contributed by atoms with van der Waals surface area (Å²) in [5.41, 5.74) is 1.09. The van der Waals surface area contributed by atoms with E-state index in [9.17, 15) is 5.11 Å². The lowest BCUT2D eigenvalue weighted by molar-refractivity contribution is 0.0730. The topological polar surface area (TPSA) is 58.5 Å². The van der Waals surface area contributed by atoms with E-state index in [1.807, 2.05) is 6.92 Å². The molecule has 0 aromatic carbocycles. The molecule has 0 unspecified atom stereocenters. The minimum atomic E-state index is -0.142. The number of aryl methyl sites for hydroxylation is 1. The van der Waals surface area contributed by atoms with Gasteiger partial charge in [-0.25, -0.2) is 9.97 Å². The third-order valence-electron chi connectivity index (χ3n) is 4.48. The van der Waals surface area contributed by atoms with Crippen molar-refractivity contribution in [2.75, 3.05) is 25.1 Å². The van der Waals surface area contributed by atoms with Gasteiger partial charge in [-0.05, 0) is 32.6 Å². The molecule has 5 heteroatoms. The molecule has 1 saturated heterocycles. The van der Waals surface area contributed by atoms with Crippen molar-refractivity contribution in [2.24, 2.45) is 0 Å². The van der Waals surface area contributed by atoms with Gasteiger partial charge in [-0.3, -0.25) is 0 Å². The van der Waals surface area contributed by atoms with Crippen LogP contribution < -0.4 is 4.90 Å². The molecule has 20 heavy (non-hydrogen) atoms. The van der Waals surface area contributed by atoms with Crippen molar-refractivity contribution in [1.29, 1.82) is 0 Å². The van der Waals surface area contributed by atoms with Crippen LogP contribution >= 0.6 is 0 Å². The fourth-order valence-corrected chi connectivity index (χ4v) is 3.10. The molecule has 1 aromatic heterocycles. The zero-order valence-corrected chi connectivity index (χ0v) is 12.2. The highest BCUT2D eigenvalue weighted by molar-refractivity contribution is 5.41. The number of aliphatic hydroxyl groups excluding tert-OH is 1.